The summed E-state index contributed by atoms with van der Waals surface area (Å²) in [4.78, 5) is 31.3. The molecule has 1 aliphatic heterocycles. The first-order valence-electron chi connectivity index (χ1n) is 9.94. The SMILES string of the molecule is CCOC(=O)C1=C(C)N=c2sc(=Cc3cccc(C)c3)c(=O)n2C1c1ccc(O)cc1. The van der Waals surface area contributed by atoms with Crippen LogP contribution in [0.4, 0.5) is 0 Å². The Kier molecular flexibility index (Phi) is 5.61. The molecule has 158 valence electrons. The van der Waals surface area contributed by atoms with E-state index in [0.717, 1.165) is 11.1 Å². The summed E-state index contributed by atoms with van der Waals surface area (Å²) in [7, 11) is 0. The summed E-state index contributed by atoms with van der Waals surface area (Å²) in [6.45, 7) is 5.70. The molecular weight excluding hydrogens is 412 g/mol. The van der Waals surface area contributed by atoms with Gasteiger partial charge in [0.05, 0.1) is 28.5 Å². The Hall–Kier alpha value is -3.45. The largest absolute Gasteiger partial charge is 0.508 e. The highest BCUT2D eigenvalue weighted by atomic mass is 32.1. The Labute approximate surface area is 183 Å². The van der Waals surface area contributed by atoms with Crippen molar-refractivity contribution in [3.8, 4) is 5.75 Å². The van der Waals surface area contributed by atoms with Crippen LogP contribution >= 0.6 is 11.3 Å². The van der Waals surface area contributed by atoms with Crippen molar-refractivity contribution < 1.29 is 14.6 Å². The average Bonchev–Trinajstić information content (AvgIpc) is 3.02. The molecule has 0 spiro atoms. The molecule has 1 atom stereocenters. The lowest BCUT2D eigenvalue weighted by Gasteiger charge is -2.24. The highest BCUT2D eigenvalue weighted by Crippen LogP contribution is 2.31. The van der Waals surface area contributed by atoms with E-state index in [-0.39, 0.29) is 17.9 Å². The van der Waals surface area contributed by atoms with Gasteiger partial charge in [0.15, 0.2) is 4.80 Å². The first-order valence-corrected chi connectivity index (χ1v) is 10.8. The Morgan fingerprint density at radius 1 is 1.23 bits per heavy atom. The van der Waals surface area contributed by atoms with E-state index in [0.29, 0.717) is 26.2 Å². The molecule has 31 heavy (non-hydrogen) atoms. The lowest BCUT2D eigenvalue weighted by Crippen LogP contribution is -2.39. The number of aryl methyl sites for hydroxylation is 1. The number of nitrogens with zero attached hydrogens (tertiary/aromatic N) is 2. The van der Waals surface area contributed by atoms with E-state index in [9.17, 15) is 14.7 Å². The van der Waals surface area contributed by atoms with E-state index >= 15 is 0 Å². The maximum absolute atomic E-state index is 13.4. The molecule has 1 N–H and O–H groups in total. The number of thiazole rings is 1. The van der Waals surface area contributed by atoms with Gasteiger partial charge in [0.1, 0.15) is 5.75 Å². The van der Waals surface area contributed by atoms with Crippen LogP contribution in [0.3, 0.4) is 0 Å². The lowest BCUT2D eigenvalue weighted by molar-refractivity contribution is -0.139. The monoisotopic (exact) mass is 434 g/mol. The van der Waals surface area contributed by atoms with Crippen molar-refractivity contribution in [1.29, 1.82) is 0 Å². The number of esters is 1. The van der Waals surface area contributed by atoms with Gasteiger partial charge in [0, 0.05) is 0 Å². The summed E-state index contributed by atoms with van der Waals surface area (Å²) >= 11 is 1.29. The van der Waals surface area contributed by atoms with Crippen molar-refractivity contribution in [1.82, 2.24) is 4.57 Å². The van der Waals surface area contributed by atoms with E-state index in [1.165, 1.54) is 28.0 Å². The number of phenolic OH excluding ortho intramolecular Hbond substituents is 1. The predicted octanol–water partition coefficient (Wildman–Crippen LogP) is 2.81. The molecule has 7 heteroatoms. The van der Waals surface area contributed by atoms with Crippen LogP contribution in [0.2, 0.25) is 0 Å². The average molecular weight is 435 g/mol. The fourth-order valence-corrected chi connectivity index (χ4v) is 4.72. The van der Waals surface area contributed by atoms with Crippen LogP contribution in [0, 0.1) is 6.92 Å². The third-order valence-corrected chi connectivity index (χ3v) is 6.05. The molecule has 2 aromatic carbocycles. The zero-order valence-electron chi connectivity index (χ0n) is 17.5. The summed E-state index contributed by atoms with van der Waals surface area (Å²) in [5.74, 6) is -0.399. The molecule has 2 heterocycles. The number of ether oxygens (including phenoxy) is 1. The minimum absolute atomic E-state index is 0.106. The summed E-state index contributed by atoms with van der Waals surface area (Å²) in [6.07, 6.45) is 1.84. The van der Waals surface area contributed by atoms with E-state index in [1.54, 1.807) is 26.0 Å². The zero-order valence-corrected chi connectivity index (χ0v) is 18.3. The van der Waals surface area contributed by atoms with Crippen LogP contribution in [0.15, 0.2) is 69.6 Å². The fraction of sp³-hybridized carbons (Fsp3) is 0.208. The third kappa shape index (κ3) is 3.96. The molecule has 6 nitrogen and oxygen atoms in total. The predicted molar refractivity (Wildman–Crippen MR) is 120 cm³/mol. The van der Waals surface area contributed by atoms with Crippen molar-refractivity contribution in [3.63, 3.8) is 0 Å². The van der Waals surface area contributed by atoms with Gasteiger partial charge < -0.3 is 9.84 Å². The summed E-state index contributed by atoms with van der Waals surface area (Å²) in [6, 6.07) is 13.7. The first-order chi connectivity index (χ1) is 14.9. The van der Waals surface area contributed by atoms with Crippen molar-refractivity contribution in [2.45, 2.75) is 26.8 Å². The lowest BCUT2D eigenvalue weighted by atomic mass is 9.96. The molecule has 1 unspecified atom stereocenters. The number of aromatic nitrogens is 1. The second kappa shape index (κ2) is 8.35. The topological polar surface area (TPSA) is 80.9 Å². The fourth-order valence-electron chi connectivity index (χ4n) is 3.67. The molecular formula is C24H22N2O4S. The van der Waals surface area contributed by atoms with Crippen molar-refractivity contribution >= 4 is 23.4 Å². The first kappa shape index (κ1) is 20.8. The van der Waals surface area contributed by atoms with Gasteiger partial charge in [-0.15, -0.1) is 0 Å². The van der Waals surface area contributed by atoms with Gasteiger partial charge in [-0.25, -0.2) is 9.79 Å². The number of benzene rings is 2. The number of carbonyl (C=O) groups is 1. The standard InChI is InChI=1S/C24H22N2O4S/c1-4-30-23(29)20-15(3)25-24-26(21(20)17-8-10-18(27)11-9-17)22(28)19(31-24)13-16-7-5-6-14(2)12-16/h5-13,21,27H,4H2,1-3H3. The second-order valence-corrected chi connectivity index (χ2v) is 8.32. The molecule has 1 aliphatic rings. The maximum Gasteiger partial charge on any atom is 0.338 e. The van der Waals surface area contributed by atoms with Crippen LogP contribution in [-0.4, -0.2) is 22.2 Å². The number of allylic oxidation sites excluding steroid dienone is 1. The second-order valence-electron chi connectivity index (χ2n) is 7.31. The Bertz CT molecular complexity index is 1360. The number of phenols is 1. The van der Waals surface area contributed by atoms with Gasteiger partial charge in [-0.1, -0.05) is 53.3 Å². The van der Waals surface area contributed by atoms with E-state index in [2.05, 4.69) is 4.99 Å². The molecule has 4 rings (SSSR count). The quantitative estimate of drug-likeness (QED) is 0.641. The number of fused-ring (bicyclic) bond motifs is 1. The molecule has 0 saturated heterocycles. The molecule has 3 aromatic rings. The number of aromatic hydroxyl groups is 1. The number of rotatable bonds is 4. The van der Waals surface area contributed by atoms with Gasteiger partial charge in [0.2, 0.25) is 0 Å². The summed E-state index contributed by atoms with van der Waals surface area (Å²) in [5.41, 5.74) is 3.33. The van der Waals surface area contributed by atoms with Gasteiger partial charge in [-0.05, 0) is 50.1 Å². The Balaban J connectivity index is 1.96. The van der Waals surface area contributed by atoms with Crippen molar-refractivity contribution in [2.75, 3.05) is 6.61 Å². The highest BCUT2D eigenvalue weighted by molar-refractivity contribution is 7.07. The molecule has 0 aliphatic carbocycles. The van der Waals surface area contributed by atoms with Crippen LogP contribution in [0.25, 0.3) is 6.08 Å². The van der Waals surface area contributed by atoms with E-state index in [4.69, 9.17) is 4.74 Å². The molecule has 0 amide bonds. The van der Waals surface area contributed by atoms with Gasteiger partial charge in [0.25, 0.3) is 5.56 Å². The van der Waals surface area contributed by atoms with Crippen LogP contribution in [-0.2, 0) is 9.53 Å². The Morgan fingerprint density at radius 2 is 1.97 bits per heavy atom. The Morgan fingerprint density at radius 3 is 2.65 bits per heavy atom. The molecule has 0 saturated carbocycles. The summed E-state index contributed by atoms with van der Waals surface area (Å²) < 4.78 is 7.34. The van der Waals surface area contributed by atoms with Gasteiger partial charge in [-0.3, -0.25) is 9.36 Å². The van der Waals surface area contributed by atoms with Gasteiger partial charge >= 0.3 is 5.97 Å². The molecule has 0 fully saturated rings. The maximum atomic E-state index is 13.4. The van der Waals surface area contributed by atoms with E-state index in [1.807, 2.05) is 37.3 Å². The number of hydrogen-bond acceptors (Lipinski definition) is 6. The molecule has 0 bridgehead atoms. The highest BCUT2D eigenvalue weighted by Gasteiger charge is 2.33. The molecule has 0 radical (unpaired) electrons. The normalized spacial score (nSPS) is 16.1. The zero-order chi connectivity index (χ0) is 22.1. The third-order valence-electron chi connectivity index (χ3n) is 5.07. The van der Waals surface area contributed by atoms with Crippen molar-refractivity contribution in [3.05, 3.63) is 96.2 Å². The van der Waals surface area contributed by atoms with Crippen LogP contribution in [0.1, 0.15) is 36.6 Å². The number of hydrogen-bond donors (Lipinski definition) is 1. The minimum atomic E-state index is -0.685. The number of carbonyl (C=O) groups excluding carboxylic acids is 1. The summed E-state index contributed by atoms with van der Waals surface area (Å²) in [5, 5.41) is 9.71. The van der Waals surface area contributed by atoms with Gasteiger partial charge in [-0.2, -0.15) is 0 Å². The van der Waals surface area contributed by atoms with Crippen LogP contribution in [0.5, 0.6) is 5.75 Å². The minimum Gasteiger partial charge on any atom is -0.508 e. The molecule has 1 aromatic heterocycles. The smallest absolute Gasteiger partial charge is 0.338 e. The van der Waals surface area contributed by atoms with Crippen molar-refractivity contribution in [2.24, 2.45) is 4.99 Å². The van der Waals surface area contributed by atoms with Crippen LogP contribution < -0.4 is 14.9 Å². The van der Waals surface area contributed by atoms with E-state index < -0.39 is 12.0 Å².